The van der Waals surface area contributed by atoms with Gasteiger partial charge < -0.3 is 4.74 Å². The first kappa shape index (κ1) is 15.8. The van der Waals surface area contributed by atoms with Gasteiger partial charge in [-0.3, -0.25) is 9.80 Å². The molecule has 0 N–H and O–H groups in total. The van der Waals surface area contributed by atoms with E-state index >= 15 is 0 Å². The third kappa shape index (κ3) is 3.62. The molecule has 1 saturated carbocycles. The van der Waals surface area contributed by atoms with Crippen molar-refractivity contribution in [3.05, 3.63) is 0 Å². The first-order valence-corrected chi connectivity index (χ1v) is 9.11. The molecule has 3 heteroatoms. The van der Waals surface area contributed by atoms with Crippen LogP contribution in [0, 0.1) is 11.3 Å². The van der Waals surface area contributed by atoms with Crippen LogP contribution in [0.15, 0.2) is 0 Å². The molecule has 0 radical (unpaired) electrons. The monoisotopic (exact) mass is 294 g/mol. The summed E-state index contributed by atoms with van der Waals surface area (Å²) in [5.41, 5.74) is 0.597. The largest absolute Gasteiger partial charge is 0.385 e. The summed E-state index contributed by atoms with van der Waals surface area (Å²) in [6.45, 7) is 11.1. The number of piperidine rings is 1. The van der Waals surface area contributed by atoms with Gasteiger partial charge in [0.1, 0.15) is 0 Å². The Morgan fingerprint density at radius 3 is 2.67 bits per heavy atom. The van der Waals surface area contributed by atoms with Crippen LogP contribution in [-0.2, 0) is 4.74 Å². The van der Waals surface area contributed by atoms with Crippen molar-refractivity contribution in [2.45, 2.75) is 64.5 Å². The average Bonchev–Trinajstić information content (AvgIpc) is 3.24. The SMILES string of the molecule is COCCC1(CN2CC3CCCCN3CC2C(C)C)CC1. The first-order valence-electron chi connectivity index (χ1n) is 9.11. The predicted molar refractivity (Wildman–Crippen MR) is 87.6 cm³/mol. The third-order valence-electron chi connectivity index (χ3n) is 6.19. The minimum atomic E-state index is 0.597. The molecule has 2 aliphatic heterocycles. The molecule has 3 rings (SSSR count). The van der Waals surface area contributed by atoms with Crippen molar-refractivity contribution >= 4 is 0 Å². The lowest BCUT2D eigenvalue weighted by molar-refractivity contribution is -0.0192. The Kier molecular flexibility index (Phi) is 4.92. The van der Waals surface area contributed by atoms with E-state index in [1.54, 1.807) is 0 Å². The van der Waals surface area contributed by atoms with Crippen LogP contribution in [0.2, 0.25) is 0 Å². The number of rotatable bonds is 6. The molecule has 0 spiro atoms. The first-order chi connectivity index (χ1) is 10.1. The van der Waals surface area contributed by atoms with Gasteiger partial charge in [0.15, 0.2) is 0 Å². The van der Waals surface area contributed by atoms with Crippen molar-refractivity contribution in [3.63, 3.8) is 0 Å². The molecule has 3 aliphatic rings. The number of fused-ring (bicyclic) bond motifs is 1. The van der Waals surface area contributed by atoms with Gasteiger partial charge in [-0.15, -0.1) is 0 Å². The van der Waals surface area contributed by atoms with E-state index in [2.05, 4.69) is 23.6 Å². The number of piperazine rings is 1. The van der Waals surface area contributed by atoms with Crippen LogP contribution < -0.4 is 0 Å². The van der Waals surface area contributed by atoms with Crippen molar-refractivity contribution in [2.24, 2.45) is 11.3 Å². The Balaban J connectivity index is 1.63. The maximum Gasteiger partial charge on any atom is 0.0468 e. The van der Waals surface area contributed by atoms with Crippen LogP contribution in [0.4, 0.5) is 0 Å². The quantitative estimate of drug-likeness (QED) is 0.749. The lowest BCUT2D eigenvalue weighted by Gasteiger charge is -2.50. The molecular formula is C18H34N2O. The van der Waals surface area contributed by atoms with Gasteiger partial charge in [-0.2, -0.15) is 0 Å². The van der Waals surface area contributed by atoms with Gasteiger partial charge in [-0.25, -0.2) is 0 Å². The highest BCUT2D eigenvalue weighted by Crippen LogP contribution is 2.50. The van der Waals surface area contributed by atoms with Crippen molar-refractivity contribution < 1.29 is 4.74 Å². The number of hydrogen-bond donors (Lipinski definition) is 0. The minimum absolute atomic E-state index is 0.597. The van der Waals surface area contributed by atoms with Crippen LogP contribution in [0.1, 0.15) is 52.4 Å². The maximum atomic E-state index is 5.34. The van der Waals surface area contributed by atoms with Crippen LogP contribution in [0.25, 0.3) is 0 Å². The molecule has 2 atom stereocenters. The van der Waals surface area contributed by atoms with Crippen molar-refractivity contribution in [2.75, 3.05) is 39.9 Å². The third-order valence-corrected chi connectivity index (χ3v) is 6.19. The summed E-state index contributed by atoms with van der Waals surface area (Å²) in [7, 11) is 1.84. The molecule has 21 heavy (non-hydrogen) atoms. The fourth-order valence-corrected chi connectivity index (χ4v) is 4.50. The van der Waals surface area contributed by atoms with Crippen LogP contribution in [-0.4, -0.2) is 61.8 Å². The van der Waals surface area contributed by atoms with Crippen molar-refractivity contribution in [1.82, 2.24) is 9.80 Å². The summed E-state index contributed by atoms with van der Waals surface area (Å²) in [5.74, 6) is 0.770. The number of ether oxygens (including phenoxy) is 1. The van der Waals surface area contributed by atoms with Gasteiger partial charge in [0.2, 0.25) is 0 Å². The molecule has 0 aromatic carbocycles. The van der Waals surface area contributed by atoms with Gasteiger partial charge in [-0.1, -0.05) is 20.3 Å². The van der Waals surface area contributed by atoms with E-state index in [0.29, 0.717) is 5.41 Å². The van der Waals surface area contributed by atoms with E-state index in [0.717, 1.165) is 24.6 Å². The highest BCUT2D eigenvalue weighted by molar-refractivity contribution is 5.00. The Bertz CT molecular complexity index is 340. The van der Waals surface area contributed by atoms with E-state index in [1.165, 1.54) is 64.7 Å². The van der Waals surface area contributed by atoms with Gasteiger partial charge in [0, 0.05) is 45.4 Å². The second-order valence-electron chi connectivity index (χ2n) is 8.13. The Morgan fingerprint density at radius 2 is 2.00 bits per heavy atom. The summed E-state index contributed by atoms with van der Waals surface area (Å²) in [5, 5.41) is 0. The molecule has 1 aliphatic carbocycles. The second-order valence-corrected chi connectivity index (χ2v) is 8.13. The average molecular weight is 294 g/mol. The summed E-state index contributed by atoms with van der Waals surface area (Å²) < 4.78 is 5.34. The fraction of sp³-hybridized carbons (Fsp3) is 1.00. The van der Waals surface area contributed by atoms with Crippen LogP contribution in [0.3, 0.4) is 0 Å². The summed E-state index contributed by atoms with van der Waals surface area (Å²) >= 11 is 0. The highest BCUT2D eigenvalue weighted by atomic mass is 16.5. The Morgan fingerprint density at radius 1 is 1.19 bits per heavy atom. The second kappa shape index (κ2) is 6.55. The molecule has 0 aromatic rings. The molecule has 3 nitrogen and oxygen atoms in total. The molecule has 0 bridgehead atoms. The Labute approximate surface area is 131 Å². The number of hydrogen-bond acceptors (Lipinski definition) is 3. The van der Waals surface area contributed by atoms with E-state index in [-0.39, 0.29) is 0 Å². The van der Waals surface area contributed by atoms with Crippen molar-refractivity contribution in [3.8, 4) is 0 Å². The number of methoxy groups -OCH3 is 1. The van der Waals surface area contributed by atoms with E-state index in [4.69, 9.17) is 4.74 Å². The summed E-state index contributed by atoms with van der Waals surface area (Å²) in [4.78, 5) is 5.65. The molecule has 0 aromatic heterocycles. The summed E-state index contributed by atoms with van der Waals surface area (Å²) in [6.07, 6.45) is 8.39. The Hall–Kier alpha value is -0.120. The molecule has 2 heterocycles. The zero-order valence-corrected chi connectivity index (χ0v) is 14.3. The van der Waals surface area contributed by atoms with Gasteiger partial charge >= 0.3 is 0 Å². The standard InChI is InChI=1S/C18H34N2O/c1-15(2)17-13-19-10-5-4-6-16(19)12-20(17)14-18(7-8-18)9-11-21-3/h15-17H,4-14H2,1-3H3. The lowest BCUT2D eigenvalue weighted by atomic mass is 9.90. The van der Waals surface area contributed by atoms with Crippen molar-refractivity contribution in [1.29, 1.82) is 0 Å². The molecule has 3 fully saturated rings. The maximum absolute atomic E-state index is 5.34. The molecule has 0 amide bonds. The smallest absolute Gasteiger partial charge is 0.0468 e. The highest BCUT2D eigenvalue weighted by Gasteiger charge is 2.46. The van der Waals surface area contributed by atoms with Gasteiger partial charge in [-0.05, 0) is 50.0 Å². The topological polar surface area (TPSA) is 15.7 Å². The molecule has 2 saturated heterocycles. The van der Waals surface area contributed by atoms with E-state index in [9.17, 15) is 0 Å². The normalized spacial score (nSPS) is 33.1. The van der Waals surface area contributed by atoms with Crippen LogP contribution in [0.5, 0.6) is 0 Å². The molecule has 122 valence electrons. The lowest BCUT2D eigenvalue weighted by Crippen LogP contribution is -2.61. The zero-order chi connectivity index (χ0) is 14.9. The van der Waals surface area contributed by atoms with Gasteiger partial charge in [0.05, 0.1) is 0 Å². The van der Waals surface area contributed by atoms with Crippen LogP contribution >= 0.6 is 0 Å². The summed E-state index contributed by atoms with van der Waals surface area (Å²) in [6, 6.07) is 1.60. The van der Waals surface area contributed by atoms with Gasteiger partial charge in [0.25, 0.3) is 0 Å². The van der Waals surface area contributed by atoms with E-state index < -0.39 is 0 Å². The molecular weight excluding hydrogens is 260 g/mol. The number of nitrogens with zero attached hydrogens (tertiary/aromatic N) is 2. The minimum Gasteiger partial charge on any atom is -0.385 e. The molecule has 2 unspecified atom stereocenters. The fourth-order valence-electron chi connectivity index (χ4n) is 4.50. The zero-order valence-electron chi connectivity index (χ0n) is 14.3. The van der Waals surface area contributed by atoms with E-state index in [1.807, 2.05) is 7.11 Å². The predicted octanol–water partition coefficient (Wildman–Crippen LogP) is 3.00.